The van der Waals surface area contributed by atoms with Crippen LogP contribution in [0.15, 0.2) is 102 Å². The molecule has 0 spiro atoms. The second-order valence-electron chi connectivity index (χ2n) is 19.7. The number of nitrogens with one attached hydrogen (secondary N) is 1. The predicted octanol–water partition coefficient (Wildman–Crippen LogP) is 2.20. The third-order valence-corrected chi connectivity index (χ3v) is 15.2. The molecule has 19 nitrogen and oxygen atoms in total. The van der Waals surface area contributed by atoms with E-state index in [0.717, 1.165) is 13.8 Å². The molecule has 2 aliphatic heterocycles. The Kier molecular flexibility index (Phi) is 14.2. The fraction of sp³-hybridized carbons (Fsp3) is 0.500. The van der Waals surface area contributed by atoms with Gasteiger partial charge < -0.3 is 64.0 Å². The van der Waals surface area contributed by atoms with Crippen LogP contribution in [0.4, 0.5) is 0 Å². The van der Waals surface area contributed by atoms with Gasteiger partial charge in [-0.2, -0.15) is 0 Å². The van der Waals surface area contributed by atoms with Crippen molar-refractivity contribution < 1.29 is 87.5 Å². The lowest BCUT2D eigenvalue weighted by Gasteiger charge is -2.68. The molecule has 2 saturated carbocycles. The normalized spacial score (nSPS) is 34.8. The van der Waals surface area contributed by atoms with Crippen LogP contribution in [0.25, 0.3) is 0 Å². The van der Waals surface area contributed by atoms with E-state index < -0.39 is 150 Å². The van der Waals surface area contributed by atoms with E-state index in [-0.39, 0.29) is 28.7 Å². The van der Waals surface area contributed by atoms with Gasteiger partial charge in [-0.25, -0.2) is 9.59 Å². The van der Waals surface area contributed by atoms with Gasteiger partial charge in [0.1, 0.15) is 42.2 Å². The van der Waals surface area contributed by atoms with Crippen LogP contribution >= 0.6 is 0 Å². The molecule has 2 bridgehead atoms. The molecule has 1 unspecified atom stereocenters. The van der Waals surface area contributed by atoms with E-state index >= 15 is 4.79 Å². The first-order valence-electron chi connectivity index (χ1n) is 23.4. The number of aliphatic hydroxyl groups excluding tert-OH is 4. The van der Waals surface area contributed by atoms with Gasteiger partial charge in [-0.05, 0) is 54.8 Å². The topological polar surface area (TPSA) is 280 Å². The molecule has 19 heteroatoms. The lowest BCUT2D eigenvalue weighted by molar-refractivity contribution is -0.366. The van der Waals surface area contributed by atoms with Gasteiger partial charge in [0.2, 0.25) is 0 Å². The summed E-state index contributed by atoms with van der Waals surface area (Å²) in [5, 5.41) is 60.8. The van der Waals surface area contributed by atoms with Crippen LogP contribution in [0.5, 0.6) is 0 Å². The number of carbonyl (C=O) groups is 6. The summed E-state index contributed by atoms with van der Waals surface area (Å²) in [6, 6.07) is 22.6. The van der Waals surface area contributed by atoms with E-state index in [1.165, 1.54) is 39.8 Å². The molecule has 8 rings (SSSR count). The van der Waals surface area contributed by atoms with Gasteiger partial charge in [0.25, 0.3) is 5.91 Å². The number of esters is 4. The Hall–Kier alpha value is -5.90. The Labute approximate surface area is 409 Å². The van der Waals surface area contributed by atoms with Crippen molar-refractivity contribution in [1.29, 1.82) is 0 Å². The second kappa shape index (κ2) is 19.6. The molecule has 380 valence electrons. The molecule has 4 fully saturated rings. The number of amides is 1. The van der Waals surface area contributed by atoms with Crippen molar-refractivity contribution >= 4 is 35.6 Å². The van der Waals surface area contributed by atoms with Crippen LogP contribution in [0, 0.1) is 16.7 Å². The molecule has 15 atom stereocenters. The smallest absolute Gasteiger partial charge is 0.338 e. The van der Waals surface area contributed by atoms with E-state index in [1.54, 1.807) is 78.9 Å². The van der Waals surface area contributed by atoms with E-state index in [2.05, 4.69) is 5.32 Å². The average Bonchev–Trinajstić information content (AvgIpc) is 3.34. The van der Waals surface area contributed by atoms with Crippen molar-refractivity contribution in [3.8, 4) is 0 Å². The molecule has 6 N–H and O–H groups in total. The molecule has 2 heterocycles. The van der Waals surface area contributed by atoms with Crippen LogP contribution in [0.2, 0.25) is 0 Å². The Morgan fingerprint density at radius 1 is 0.789 bits per heavy atom. The Morgan fingerprint density at radius 2 is 1.39 bits per heavy atom. The summed E-state index contributed by atoms with van der Waals surface area (Å²) in [7, 11) is 0. The van der Waals surface area contributed by atoms with Crippen LogP contribution in [0.3, 0.4) is 0 Å². The van der Waals surface area contributed by atoms with Crippen molar-refractivity contribution in [3.05, 3.63) is 119 Å². The van der Waals surface area contributed by atoms with Crippen molar-refractivity contribution in [2.45, 2.75) is 133 Å². The van der Waals surface area contributed by atoms with Crippen LogP contribution < -0.4 is 5.32 Å². The van der Waals surface area contributed by atoms with Gasteiger partial charge in [-0.15, -0.1) is 0 Å². The van der Waals surface area contributed by atoms with Gasteiger partial charge >= 0.3 is 23.9 Å². The van der Waals surface area contributed by atoms with E-state index in [0.29, 0.717) is 5.56 Å². The van der Waals surface area contributed by atoms with Crippen LogP contribution in [0.1, 0.15) is 86.7 Å². The number of fused-ring (bicyclic) bond motifs is 5. The molecule has 2 saturated heterocycles. The monoisotopic (exact) mass is 985 g/mol. The lowest BCUT2D eigenvalue weighted by atomic mass is 9.44. The minimum atomic E-state index is -2.51. The number of hydrogen-bond donors (Lipinski definition) is 6. The predicted molar refractivity (Wildman–Crippen MR) is 244 cm³/mol. The van der Waals surface area contributed by atoms with Crippen molar-refractivity contribution in [1.82, 2.24) is 5.32 Å². The largest absolute Gasteiger partial charge is 0.456 e. The number of ketones is 1. The zero-order chi connectivity index (χ0) is 51.4. The zero-order valence-electron chi connectivity index (χ0n) is 40.0. The summed E-state index contributed by atoms with van der Waals surface area (Å²) in [5.74, 6) is -7.31. The molecule has 3 aromatic carbocycles. The number of rotatable bonds is 12. The quantitative estimate of drug-likeness (QED) is 0.0862. The molecule has 5 aliphatic rings. The highest BCUT2D eigenvalue weighted by Crippen LogP contribution is 2.65. The van der Waals surface area contributed by atoms with Gasteiger partial charge in [0.05, 0.1) is 42.3 Å². The summed E-state index contributed by atoms with van der Waals surface area (Å²) in [5.41, 5.74) is -7.76. The molecular formula is C52H59NO18. The van der Waals surface area contributed by atoms with Crippen LogP contribution in [-0.2, 0) is 52.3 Å². The fourth-order valence-corrected chi connectivity index (χ4v) is 11.4. The first-order chi connectivity index (χ1) is 33.6. The Morgan fingerprint density at radius 3 is 1.97 bits per heavy atom. The molecule has 3 aromatic rings. The molecule has 71 heavy (non-hydrogen) atoms. The highest BCUT2D eigenvalue weighted by Gasteiger charge is 2.79. The standard InChI is InChI=1S/C52H59NO18/c1-26-33(68-47(63)39(58)37(29-16-10-7-11-17-29)53-45(61)30-18-12-8-13-19-30)23-52(64)44(70-46(62)31-20-14-9-15-21-31)42-50(6,43(60)41(67-27(2)54)36(26)49(52,4)5)34(22-35-51(42,25-66-35)71-28(3)55)69-48-40(59)38(57)32(56)24-65-48/h7-21,32-35,37-42,44,48,56-59,64H,22-25H2,1-6H3,(H,53,61)/t32-,33?,34+,35-,37+,38+,39-,40-,41-,42+,44+,48+,50-,51+,52-/m1/s1. The SMILES string of the molecule is CC(=O)O[C@H]1C(=O)[C@]2(C)[C@@H](O[C@@H]3OC[C@@H](O)[C@H](O)[C@H]3O)C[C@H]3OC[C@@]3(OC(C)=O)[C@H]2[C@H](OC(=O)c2ccccc2)[C@]2(O)CC(OC(=O)[C@H](O)[C@@H](NC(=O)c3ccccc3)c3ccccc3)C(C)=C1C2(C)C. The zero-order valence-corrected chi connectivity index (χ0v) is 40.0. The number of aliphatic hydroxyl groups is 5. The highest BCUT2D eigenvalue weighted by atomic mass is 16.7. The molecule has 0 aromatic heterocycles. The van der Waals surface area contributed by atoms with Gasteiger partial charge in [0.15, 0.2) is 29.9 Å². The molecule has 3 aliphatic carbocycles. The molecule has 1 amide bonds. The number of carbonyl (C=O) groups excluding carboxylic acids is 6. The Bertz CT molecular complexity index is 2560. The first kappa shape index (κ1) is 51.5. The summed E-state index contributed by atoms with van der Waals surface area (Å²) < 4.78 is 43.1. The summed E-state index contributed by atoms with van der Waals surface area (Å²) in [6.07, 6.45) is -17.9. The van der Waals surface area contributed by atoms with E-state index in [4.69, 9.17) is 33.2 Å². The maximum atomic E-state index is 16.2. The Balaban J connectivity index is 1.30. The average molecular weight is 986 g/mol. The molecular weight excluding hydrogens is 927 g/mol. The molecule has 0 radical (unpaired) electrons. The van der Waals surface area contributed by atoms with Gasteiger partial charge in [0, 0.05) is 37.7 Å². The highest BCUT2D eigenvalue weighted by molar-refractivity contribution is 5.96. The van der Waals surface area contributed by atoms with Crippen LogP contribution in [-0.4, -0.2) is 147 Å². The minimum absolute atomic E-state index is 0.0120. The fourth-order valence-electron chi connectivity index (χ4n) is 11.4. The maximum Gasteiger partial charge on any atom is 0.338 e. The van der Waals surface area contributed by atoms with E-state index in [9.17, 15) is 49.5 Å². The first-order valence-corrected chi connectivity index (χ1v) is 23.4. The minimum Gasteiger partial charge on any atom is -0.456 e. The van der Waals surface area contributed by atoms with Gasteiger partial charge in [-0.3, -0.25) is 19.2 Å². The lowest BCUT2D eigenvalue weighted by Crippen LogP contribution is -2.82. The number of ether oxygens (including phenoxy) is 7. The summed E-state index contributed by atoms with van der Waals surface area (Å²) in [6.45, 7) is 7.24. The summed E-state index contributed by atoms with van der Waals surface area (Å²) in [4.78, 5) is 85.6. The van der Waals surface area contributed by atoms with Crippen molar-refractivity contribution in [2.75, 3.05) is 13.2 Å². The summed E-state index contributed by atoms with van der Waals surface area (Å²) >= 11 is 0. The van der Waals surface area contributed by atoms with Crippen molar-refractivity contribution in [3.63, 3.8) is 0 Å². The van der Waals surface area contributed by atoms with Gasteiger partial charge in [-0.1, -0.05) is 80.6 Å². The number of benzene rings is 3. The van der Waals surface area contributed by atoms with E-state index in [1.807, 2.05) is 0 Å². The number of Topliss-reactive ketones (excluding diaryl/α,β-unsaturated/α-hetero) is 1. The van der Waals surface area contributed by atoms with Crippen molar-refractivity contribution in [2.24, 2.45) is 16.7 Å². The second-order valence-corrected chi connectivity index (χ2v) is 19.7. The number of hydrogen-bond acceptors (Lipinski definition) is 18. The third-order valence-electron chi connectivity index (χ3n) is 15.2. The maximum absolute atomic E-state index is 16.2. The third kappa shape index (κ3) is 8.96.